The molecule has 1 N–H and O–H groups in total. The molecule has 0 unspecified atom stereocenters. The van der Waals surface area contributed by atoms with Gasteiger partial charge < -0.3 is 9.90 Å². The van der Waals surface area contributed by atoms with Gasteiger partial charge in [-0.15, -0.1) is 0 Å². The Morgan fingerprint density at radius 3 is 2.62 bits per heavy atom. The van der Waals surface area contributed by atoms with Crippen LogP contribution in [0.3, 0.4) is 0 Å². The van der Waals surface area contributed by atoms with E-state index >= 15 is 0 Å². The summed E-state index contributed by atoms with van der Waals surface area (Å²) in [6.45, 7) is 0. The maximum Gasteiger partial charge on any atom is 0.280 e. The maximum absolute atomic E-state index is 11.0. The van der Waals surface area contributed by atoms with Gasteiger partial charge in [0, 0.05) is 6.20 Å². The Bertz CT molecular complexity index is 400. The zero-order valence-electron chi connectivity index (χ0n) is 6.30. The molecule has 0 aliphatic heterocycles. The van der Waals surface area contributed by atoms with Crippen molar-refractivity contribution < 1.29 is 18.3 Å². The smallest absolute Gasteiger partial charge is 0.280 e. The van der Waals surface area contributed by atoms with Crippen LogP contribution < -0.4 is 9.83 Å². The van der Waals surface area contributed by atoms with Crippen LogP contribution in [0.4, 0.5) is 4.79 Å². The average molecular weight is 201 g/mol. The standard InChI is InChI=1S/C6H6N2O4S/c9-6(10)8-13(11,12)5-3-1-2-4-7-5/h1-4,8H,(H,9,10)/p-1. The number of hydrogen-bond acceptors (Lipinski definition) is 5. The summed E-state index contributed by atoms with van der Waals surface area (Å²) in [4.78, 5) is 13.4. The molecule has 1 aromatic heterocycles. The highest BCUT2D eigenvalue weighted by Gasteiger charge is 2.13. The van der Waals surface area contributed by atoms with Crippen molar-refractivity contribution in [2.24, 2.45) is 0 Å². The minimum absolute atomic E-state index is 0.362. The summed E-state index contributed by atoms with van der Waals surface area (Å²) in [6, 6.07) is 4.11. The zero-order valence-corrected chi connectivity index (χ0v) is 7.11. The number of rotatable bonds is 2. The molecule has 70 valence electrons. The molecule has 0 atom stereocenters. The van der Waals surface area contributed by atoms with E-state index in [2.05, 4.69) is 4.98 Å². The Kier molecular flexibility index (Phi) is 2.47. The number of amides is 1. The van der Waals surface area contributed by atoms with Crippen LogP contribution in [0.2, 0.25) is 0 Å². The van der Waals surface area contributed by atoms with Crippen LogP contribution in [0.25, 0.3) is 0 Å². The van der Waals surface area contributed by atoms with Crippen molar-refractivity contribution >= 4 is 16.1 Å². The summed E-state index contributed by atoms with van der Waals surface area (Å²) in [5.74, 6) is 0. The molecule has 0 radical (unpaired) electrons. The summed E-state index contributed by atoms with van der Waals surface area (Å²) in [5.41, 5.74) is 0. The number of pyridine rings is 1. The number of nitrogens with one attached hydrogen (secondary N) is 1. The van der Waals surface area contributed by atoms with E-state index < -0.39 is 16.1 Å². The van der Waals surface area contributed by atoms with Gasteiger partial charge in [0.05, 0.1) is 0 Å². The molecule has 0 aliphatic rings. The molecule has 0 aliphatic carbocycles. The maximum atomic E-state index is 11.0. The fraction of sp³-hybridized carbons (Fsp3) is 0. The Balaban J connectivity index is 3.02. The van der Waals surface area contributed by atoms with Gasteiger partial charge in [-0.1, -0.05) is 6.07 Å². The van der Waals surface area contributed by atoms with Crippen molar-refractivity contribution in [3.05, 3.63) is 24.4 Å². The lowest BCUT2D eigenvalue weighted by atomic mass is 10.5. The molecule has 1 amide bonds. The Morgan fingerprint density at radius 1 is 1.46 bits per heavy atom. The van der Waals surface area contributed by atoms with E-state index in [9.17, 15) is 18.3 Å². The highest BCUT2D eigenvalue weighted by molar-refractivity contribution is 7.90. The number of nitrogens with zero attached hydrogens (tertiary/aromatic N) is 1. The lowest BCUT2D eigenvalue weighted by molar-refractivity contribution is -0.248. The molecule has 0 saturated heterocycles. The molecule has 1 aromatic rings. The second-order valence-corrected chi connectivity index (χ2v) is 3.69. The van der Waals surface area contributed by atoms with Gasteiger partial charge in [0.2, 0.25) is 0 Å². The summed E-state index contributed by atoms with van der Waals surface area (Å²) in [5, 5.41) is 9.60. The molecule has 1 rings (SSSR count). The topological polar surface area (TPSA) is 99.2 Å². The zero-order chi connectivity index (χ0) is 9.90. The number of carboxylic acid groups (broad SMARTS) is 1. The number of carbonyl (C=O) groups is 1. The lowest BCUT2D eigenvalue weighted by Crippen LogP contribution is -2.40. The predicted octanol–water partition coefficient (Wildman–Crippen LogP) is -1.30. The van der Waals surface area contributed by atoms with E-state index in [-0.39, 0.29) is 5.03 Å². The highest BCUT2D eigenvalue weighted by Crippen LogP contribution is 2.01. The quantitative estimate of drug-likeness (QED) is 0.641. The third-order valence-corrected chi connectivity index (χ3v) is 2.36. The van der Waals surface area contributed by atoms with Crippen LogP contribution in [-0.4, -0.2) is 19.5 Å². The molecule has 0 spiro atoms. The van der Waals surface area contributed by atoms with Crippen molar-refractivity contribution in [3.8, 4) is 0 Å². The summed E-state index contributed by atoms with van der Waals surface area (Å²) >= 11 is 0. The van der Waals surface area contributed by atoms with E-state index in [1.807, 2.05) is 0 Å². The van der Waals surface area contributed by atoms with Crippen molar-refractivity contribution in [2.45, 2.75) is 5.03 Å². The van der Waals surface area contributed by atoms with E-state index in [1.165, 1.54) is 29.1 Å². The predicted molar refractivity (Wildman–Crippen MR) is 40.0 cm³/mol. The van der Waals surface area contributed by atoms with Gasteiger partial charge in [-0.2, -0.15) is 8.42 Å². The van der Waals surface area contributed by atoms with Gasteiger partial charge in [-0.25, -0.2) is 4.98 Å². The third kappa shape index (κ3) is 2.41. The monoisotopic (exact) mass is 201 g/mol. The van der Waals surface area contributed by atoms with Crippen LogP contribution in [0.1, 0.15) is 0 Å². The first kappa shape index (κ1) is 9.46. The summed E-state index contributed by atoms with van der Waals surface area (Å²) in [7, 11) is -4.08. The molecule has 6 nitrogen and oxygen atoms in total. The first-order valence-corrected chi connectivity index (χ1v) is 4.65. The van der Waals surface area contributed by atoms with Crippen LogP contribution >= 0.6 is 0 Å². The number of carbonyl (C=O) groups excluding carboxylic acids is 1. The molecule has 0 saturated carbocycles. The Morgan fingerprint density at radius 2 is 2.15 bits per heavy atom. The molecule has 0 aromatic carbocycles. The van der Waals surface area contributed by atoms with Gasteiger partial charge in [-0.05, 0) is 12.1 Å². The van der Waals surface area contributed by atoms with E-state index in [0.29, 0.717) is 0 Å². The van der Waals surface area contributed by atoms with Crippen LogP contribution in [0.5, 0.6) is 0 Å². The molecule has 7 heteroatoms. The van der Waals surface area contributed by atoms with Gasteiger partial charge in [0.1, 0.15) is 6.09 Å². The second kappa shape index (κ2) is 3.40. The SMILES string of the molecule is O=C([O-])NS(=O)(=O)c1ccccn1. The van der Waals surface area contributed by atoms with E-state index in [0.717, 1.165) is 0 Å². The van der Waals surface area contributed by atoms with Crippen LogP contribution in [0.15, 0.2) is 29.4 Å². The fourth-order valence-corrected chi connectivity index (χ4v) is 1.45. The molecular formula is C6H5N2O4S-. The van der Waals surface area contributed by atoms with Gasteiger partial charge in [0.15, 0.2) is 5.03 Å². The van der Waals surface area contributed by atoms with E-state index in [1.54, 1.807) is 0 Å². The first-order chi connectivity index (χ1) is 6.02. The number of hydrogen-bond donors (Lipinski definition) is 1. The molecule has 13 heavy (non-hydrogen) atoms. The minimum Gasteiger partial charge on any atom is -0.529 e. The van der Waals surface area contributed by atoms with Crippen molar-refractivity contribution in [1.29, 1.82) is 0 Å². The summed E-state index contributed by atoms with van der Waals surface area (Å²) in [6.07, 6.45) is -0.644. The lowest BCUT2D eigenvalue weighted by Gasteiger charge is -2.05. The Hall–Kier alpha value is -1.63. The molecule has 0 fully saturated rings. The minimum atomic E-state index is -4.08. The highest BCUT2D eigenvalue weighted by atomic mass is 32.2. The normalized spacial score (nSPS) is 10.8. The third-order valence-electron chi connectivity index (χ3n) is 1.13. The second-order valence-electron chi connectivity index (χ2n) is 2.06. The number of aromatic nitrogens is 1. The van der Waals surface area contributed by atoms with Crippen molar-refractivity contribution in [1.82, 2.24) is 9.71 Å². The van der Waals surface area contributed by atoms with Gasteiger partial charge in [-0.3, -0.25) is 4.72 Å². The number of sulfonamides is 1. The largest absolute Gasteiger partial charge is 0.529 e. The van der Waals surface area contributed by atoms with Crippen LogP contribution in [0, 0.1) is 0 Å². The van der Waals surface area contributed by atoms with Gasteiger partial charge in [0.25, 0.3) is 10.0 Å². The first-order valence-electron chi connectivity index (χ1n) is 3.17. The van der Waals surface area contributed by atoms with Crippen molar-refractivity contribution in [2.75, 3.05) is 0 Å². The summed E-state index contributed by atoms with van der Waals surface area (Å²) < 4.78 is 23.3. The van der Waals surface area contributed by atoms with Crippen LogP contribution in [-0.2, 0) is 10.0 Å². The van der Waals surface area contributed by atoms with E-state index in [4.69, 9.17) is 0 Å². The molecular weight excluding hydrogens is 196 g/mol. The molecule has 1 heterocycles. The Labute approximate surface area is 74.3 Å². The average Bonchev–Trinajstić information content (AvgIpc) is 2.04. The fourth-order valence-electron chi connectivity index (χ4n) is 0.668. The molecule has 0 bridgehead atoms. The van der Waals surface area contributed by atoms with Crippen molar-refractivity contribution in [3.63, 3.8) is 0 Å². The van der Waals surface area contributed by atoms with Gasteiger partial charge >= 0.3 is 0 Å².